The molecule has 152 valence electrons. The lowest BCUT2D eigenvalue weighted by Crippen LogP contribution is -2.53. The highest BCUT2D eigenvalue weighted by Gasteiger charge is 2.36. The molecule has 1 aromatic heterocycles. The summed E-state index contributed by atoms with van der Waals surface area (Å²) >= 11 is 0. The van der Waals surface area contributed by atoms with Crippen LogP contribution in [0.15, 0.2) is 6.07 Å². The van der Waals surface area contributed by atoms with Crippen molar-refractivity contribution in [1.29, 1.82) is 0 Å². The molecular weight excluding hydrogens is 383 g/mol. The zero-order valence-corrected chi connectivity index (χ0v) is 16.1. The topological polar surface area (TPSA) is 69.6 Å². The second-order valence-corrected chi connectivity index (χ2v) is 8.79. The molecule has 0 amide bonds. The minimum atomic E-state index is -4.54. The minimum absolute atomic E-state index is 0.0412. The maximum atomic E-state index is 13.0. The van der Waals surface area contributed by atoms with Crippen LogP contribution in [0.4, 0.5) is 19.0 Å². The predicted octanol–water partition coefficient (Wildman–Crippen LogP) is 2.05. The van der Waals surface area contributed by atoms with Crippen LogP contribution in [0.5, 0.6) is 0 Å². The first kappa shape index (κ1) is 20.3. The van der Waals surface area contributed by atoms with Crippen LogP contribution in [-0.2, 0) is 16.4 Å². The molecule has 0 radical (unpaired) electrons. The van der Waals surface area contributed by atoms with Crippen molar-refractivity contribution in [2.45, 2.75) is 38.8 Å². The smallest absolute Gasteiger partial charge is 0.354 e. The van der Waals surface area contributed by atoms with E-state index in [1.54, 1.807) is 4.90 Å². The highest BCUT2D eigenvalue weighted by atomic mass is 32.2. The van der Waals surface area contributed by atoms with Crippen molar-refractivity contribution >= 4 is 16.0 Å². The molecule has 0 atom stereocenters. The largest absolute Gasteiger partial charge is 0.433 e. The zero-order valence-electron chi connectivity index (χ0n) is 15.2. The van der Waals surface area contributed by atoms with E-state index in [0.29, 0.717) is 26.2 Å². The van der Waals surface area contributed by atoms with Gasteiger partial charge < -0.3 is 4.90 Å². The van der Waals surface area contributed by atoms with Crippen molar-refractivity contribution in [2.24, 2.45) is 0 Å². The number of piperazine rings is 1. The van der Waals surface area contributed by atoms with E-state index in [9.17, 15) is 21.6 Å². The quantitative estimate of drug-likeness (QED) is 0.767. The fraction of sp³-hybridized carbons (Fsp3) is 0.750. The predicted molar refractivity (Wildman–Crippen MR) is 94.5 cm³/mol. The molecule has 1 aromatic rings. The van der Waals surface area contributed by atoms with Gasteiger partial charge in [-0.2, -0.15) is 30.2 Å². The summed E-state index contributed by atoms with van der Waals surface area (Å²) < 4.78 is 67.5. The van der Waals surface area contributed by atoms with Gasteiger partial charge in [0.05, 0.1) is 0 Å². The lowest BCUT2D eigenvalue weighted by Gasteiger charge is -2.37. The van der Waals surface area contributed by atoms with Gasteiger partial charge in [0.25, 0.3) is 10.2 Å². The highest BCUT2D eigenvalue weighted by molar-refractivity contribution is 7.86. The molecule has 0 aliphatic carbocycles. The number of anilines is 1. The van der Waals surface area contributed by atoms with E-state index < -0.39 is 22.1 Å². The lowest BCUT2D eigenvalue weighted by atomic mass is 10.2. The molecule has 0 unspecified atom stereocenters. The summed E-state index contributed by atoms with van der Waals surface area (Å²) in [6.07, 6.45) is -0.748. The first-order valence-electron chi connectivity index (χ1n) is 9.11. The third-order valence-electron chi connectivity index (χ3n) is 4.90. The van der Waals surface area contributed by atoms with E-state index in [2.05, 4.69) is 9.97 Å². The van der Waals surface area contributed by atoms with Crippen LogP contribution in [0.25, 0.3) is 0 Å². The van der Waals surface area contributed by atoms with E-state index >= 15 is 0 Å². The molecule has 0 N–H and O–H groups in total. The molecule has 27 heavy (non-hydrogen) atoms. The van der Waals surface area contributed by atoms with Crippen molar-refractivity contribution in [1.82, 2.24) is 18.6 Å². The molecule has 0 bridgehead atoms. The molecule has 2 fully saturated rings. The standard InChI is InChI=1S/C16H24F3N5O2S/c1-13-20-14(16(17,18)19)12-15(21-13)22-8-10-24(11-9-22)27(25,26)23-6-4-2-3-5-7-23/h12H,2-11H2,1H3. The Balaban J connectivity index is 1.69. The van der Waals surface area contributed by atoms with Gasteiger partial charge in [0.15, 0.2) is 0 Å². The fourth-order valence-corrected chi connectivity index (χ4v) is 5.11. The molecule has 0 saturated carbocycles. The Bertz CT molecular complexity index is 756. The normalized spacial score (nSPS) is 21.3. The molecule has 7 nitrogen and oxygen atoms in total. The number of hydrogen-bond donors (Lipinski definition) is 0. The highest BCUT2D eigenvalue weighted by Crippen LogP contribution is 2.30. The Morgan fingerprint density at radius 2 is 1.44 bits per heavy atom. The first-order chi connectivity index (χ1) is 12.7. The number of nitrogens with zero attached hydrogens (tertiary/aromatic N) is 5. The van der Waals surface area contributed by atoms with Gasteiger partial charge in [0.1, 0.15) is 17.3 Å². The average molecular weight is 407 g/mol. The van der Waals surface area contributed by atoms with Crippen LogP contribution in [0.1, 0.15) is 37.2 Å². The van der Waals surface area contributed by atoms with Crippen LogP contribution in [0.2, 0.25) is 0 Å². The summed E-state index contributed by atoms with van der Waals surface area (Å²) in [7, 11) is -3.53. The minimum Gasteiger partial charge on any atom is -0.354 e. The molecule has 2 saturated heterocycles. The average Bonchev–Trinajstić information content (AvgIpc) is 2.90. The number of hydrogen-bond acceptors (Lipinski definition) is 5. The molecule has 2 aliphatic rings. The molecule has 2 aliphatic heterocycles. The van der Waals surface area contributed by atoms with E-state index in [1.807, 2.05) is 0 Å². The van der Waals surface area contributed by atoms with E-state index in [-0.39, 0.29) is 24.7 Å². The van der Waals surface area contributed by atoms with Crippen LogP contribution >= 0.6 is 0 Å². The van der Waals surface area contributed by atoms with Gasteiger partial charge in [-0.3, -0.25) is 0 Å². The summed E-state index contributed by atoms with van der Waals surface area (Å²) in [6.45, 7) is 3.51. The Hall–Kier alpha value is -1.46. The number of aromatic nitrogens is 2. The van der Waals surface area contributed by atoms with Crippen LogP contribution in [-0.4, -0.2) is 66.3 Å². The van der Waals surface area contributed by atoms with Gasteiger partial charge in [-0.15, -0.1) is 0 Å². The van der Waals surface area contributed by atoms with E-state index in [4.69, 9.17) is 0 Å². The summed E-state index contributed by atoms with van der Waals surface area (Å²) in [5.41, 5.74) is -0.982. The van der Waals surface area contributed by atoms with Gasteiger partial charge in [0, 0.05) is 45.3 Å². The van der Waals surface area contributed by atoms with E-state index in [0.717, 1.165) is 31.7 Å². The van der Waals surface area contributed by atoms with Gasteiger partial charge in [-0.05, 0) is 19.8 Å². The van der Waals surface area contributed by atoms with Crippen molar-refractivity contribution in [3.8, 4) is 0 Å². The third kappa shape index (κ3) is 4.69. The van der Waals surface area contributed by atoms with Gasteiger partial charge in [0.2, 0.25) is 0 Å². The van der Waals surface area contributed by atoms with Crippen molar-refractivity contribution in [3.05, 3.63) is 17.6 Å². The van der Waals surface area contributed by atoms with Gasteiger partial charge >= 0.3 is 6.18 Å². The maximum absolute atomic E-state index is 13.0. The molecule has 11 heteroatoms. The second-order valence-electron chi connectivity index (χ2n) is 6.86. The lowest BCUT2D eigenvalue weighted by molar-refractivity contribution is -0.141. The Morgan fingerprint density at radius 3 is 2.00 bits per heavy atom. The summed E-state index contributed by atoms with van der Waals surface area (Å²) in [6, 6.07) is 0.923. The van der Waals surface area contributed by atoms with Crippen molar-refractivity contribution in [2.75, 3.05) is 44.2 Å². The molecule has 0 aromatic carbocycles. The number of rotatable bonds is 3. The molecular formula is C16H24F3N5O2S. The monoisotopic (exact) mass is 407 g/mol. The van der Waals surface area contributed by atoms with E-state index in [1.165, 1.54) is 15.5 Å². The summed E-state index contributed by atoms with van der Waals surface area (Å²) in [4.78, 5) is 9.22. The van der Waals surface area contributed by atoms with Crippen LogP contribution < -0.4 is 4.90 Å². The number of halogens is 3. The first-order valence-corrected chi connectivity index (χ1v) is 10.5. The molecule has 3 rings (SSSR count). The number of aryl methyl sites for hydroxylation is 1. The Kier molecular flexibility index (Phi) is 5.92. The number of alkyl halides is 3. The Labute approximate surface area is 157 Å². The second kappa shape index (κ2) is 7.88. The molecule has 0 spiro atoms. The molecule has 3 heterocycles. The van der Waals surface area contributed by atoms with Gasteiger partial charge in [-0.1, -0.05) is 12.8 Å². The summed E-state index contributed by atoms with van der Waals surface area (Å²) in [5.74, 6) is 0.223. The SMILES string of the molecule is Cc1nc(N2CCN(S(=O)(=O)N3CCCCCC3)CC2)cc(C(F)(F)F)n1. The summed E-state index contributed by atoms with van der Waals surface area (Å²) in [5, 5.41) is 0. The van der Waals surface area contributed by atoms with Crippen molar-refractivity contribution < 1.29 is 21.6 Å². The maximum Gasteiger partial charge on any atom is 0.433 e. The van der Waals surface area contributed by atoms with Crippen LogP contribution in [0, 0.1) is 6.92 Å². The van der Waals surface area contributed by atoms with Crippen molar-refractivity contribution in [3.63, 3.8) is 0 Å². The van der Waals surface area contributed by atoms with Crippen LogP contribution in [0.3, 0.4) is 0 Å². The third-order valence-corrected chi connectivity index (χ3v) is 6.93. The fourth-order valence-electron chi connectivity index (χ4n) is 3.44. The van der Waals surface area contributed by atoms with Gasteiger partial charge in [-0.25, -0.2) is 9.97 Å². The zero-order chi connectivity index (χ0) is 19.7. The Morgan fingerprint density at radius 1 is 0.889 bits per heavy atom.